The molecule has 0 aliphatic carbocycles. The van der Waals surface area contributed by atoms with Crippen molar-refractivity contribution in [3.8, 4) is 5.75 Å². The van der Waals surface area contributed by atoms with Crippen LogP contribution in [0.4, 0.5) is 5.69 Å². The first kappa shape index (κ1) is 18.4. The molecule has 3 aromatic rings. The molecule has 8 heteroatoms. The average Bonchev–Trinajstić information content (AvgIpc) is 2.88. The number of anilines is 1. The van der Waals surface area contributed by atoms with E-state index in [1.807, 2.05) is 20.8 Å². The number of fused-ring (bicyclic) bond motifs is 1. The third kappa shape index (κ3) is 3.74. The summed E-state index contributed by atoms with van der Waals surface area (Å²) in [6, 6.07) is 6.73. The average molecular weight is 368 g/mol. The van der Waals surface area contributed by atoms with Gasteiger partial charge in [0, 0.05) is 18.4 Å². The highest BCUT2D eigenvalue weighted by Crippen LogP contribution is 2.25. The van der Waals surface area contributed by atoms with Gasteiger partial charge in [-0.25, -0.2) is 9.78 Å². The van der Waals surface area contributed by atoms with Crippen LogP contribution in [0.25, 0.3) is 11.0 Å². The van der Waals surface area contributed by atoms with Gasteiger partial charge in [0.2, 0.25) is 0 Å². The highest BCUT2D eigenvalue weighted by atomic mass is 16.5. The summed E-state index contributed by atoms with van der Waals surface area (Å²) >= 11 is 0. The van der Waals surface area contributed by atoms with Crippen LogP contribution in [0.2, 0.25) is 0 Å². The van der Waals surface area contributed by atoms with Gasteiger partial charge in [0.05, 0.1) is 16.6 Å². The van der Waals surface area contributed by atoms with Gasteiger partial charge in [-0.05, 0) is 50.6 Å². The van der Waals surface area contributed by atoms with E-state index in [0.717, 1.165) is 22.3 Å². The van der Waals surface area contributed by atoms with Crippen molar-refractivity contribution in [1.82, 2.24) is 14.8 Å². The predicted octanol–water partition coefficient (Wildman–Crippen LogP) is 2.61. The molecule has 0 bridgehead atoms. The number of carbonyl (C=O) groups excluding carboxylic acids is 1. The predicted molar refractivity (Wildman–Crippen MR) is 100 cm³/mol. The van der Waals surface area contributed by atoms with E-state index in [1.165, 1.54) is 0 Å². The molecule has 2 N–H and O–H groups in total. The molecular formula is C19H20N4O4. The van der Waals surface area contributed by atoms with Crippen molar-refractivity contribution >= 4 is 28.6 Å². The van der Waals surface area contributed by atoms with Gasteiger partial charge in [0.25, 0.3) is 5.91 Å². The Labute approximate surface area is 155 Å². The number of ether oxygens (including phenoxy) is 1. The number of aliphatic carboxylic acids is 1. The maximum Gasteiger partial charge on any atom is 0.341 e. The van der Waals surface area contributed by atoms with Crippen molar-refractivity contribution in [2.75, 3.05) is 11.9 Å². The molecule has 0 radical (unpaired) electrons. The molecule has 140 valence electrons. The smallest absolute Gasteiger partial charge is 0.341 e. The topological polar surface area (TPSA) is 106 Å². The zero-order chi connectivity index (χ0) is 19.7. The van der Waals surface area contributed by atoms with E-state index < -0.39 is 12.6 Å². The molecule has 0 fully saturated rings. The lowest BCUT2D eigenvalue weighted by Gasteiger charge is -2.12. The van der Waals surface area contributed by atoms with Gasteiger partial charge in [-0.15, -0.1) is 0 Å². The van der Waals surface area contributed by atoms with Crippen molar-refractivity contribution in [3.63, 3.8) is 0 Å². The maximum absolute atomic E-state index is 12.9. The number of carbonyl (C=O) groups is 2. The van der Waals surface area contributed by atoms with Gasteiger partial charge in [-0.3, -0.25) is 9.48 Å². The van der Waals surface area contributed by atoms with Crippen molar-refractivity contribution < 1.29 is 19.4 Å². The highest BCUT2D eigenvalue weighted by Gasteiger charge is 2.18. The Morgan fingerprint density at radius 2 is 1.96 bits per heavy atom. The number of hydrogen-bond acceptors (Lipinski definition) is 5. The van der Waals surface area contributed by atoms with Crippen LogP contribution in [0.1, 0.15) is 27.3 Å². The summed E-state index contributed by atoms with van der Waals surface area (Å²) in [6.07, 6.45) is 0. The minimum atomic E-state index is -1.05. The van der Waals surface area contributed by atoms with Crippen molar-refractivity contribution in [1.29, 1.82) is 0 Å². The maximum atomic E-state index is 12.9. The Hall–Kier alpha value is -3.42. The van der Waals surface area contributed by atoms with E-state index in [2.05, 4.69) is 15.4 Å². The fraction of sp³-hybridized carbons (Fsp3) is 0.263. The van der Waals surface area contributed by atoms with Crippen molar-refractivity contribution in [3.05, 3.63) is 46.8 Å². The van der Waals surface area contributed by atoms with E-state index in [4.69, 9.17) is 9.84 Å². The minimum Gasteiger partial charge on any atom is -0.482 e. The Morgan fingerprint density at radius 1 is 1.22 bits per heavy atom. The molecule has 0 spiro atoms. The molecule has 0 saturated heterocycles. The van der Waals surface area contributed by atoms with Crippen LogP contribution in [-0.4, -0.2) is 38.4 Å². The summed E-state index contributed by atoms with van der Waals surface area (Å²) in [7, 11) is 1.80. The number of amides is 1. The summed E-state index contributed by atoms with van der Waals surface area (Å²) in [5.41, 5.74) is 4.01. The summed E-state index contributed by atoms with van der Waals surface area (Å²) in [4.78, 5) is 28.0. The molecule has 1 aromatic carbocycles. The molecular weight excluding hydrogens is 348 g/mol. The molecule has 0 aliphatic rings. The Morgan fingerprint density at radius 3 is 2.63 bits per heavy atom. The Kier molecular flexibility index (Phi) is 4.81. The van der Waals surface area contributed by atoms with Crippen LogP contribution in [0.5, 0.6) is 5.75 Å². The molecule has 1 amide bonds. The number of nitrogens with zero attached hydrogens (tertiary/aromatic N) is 3. The van der Waals surface area contributed by atoms with Gasteiger partial charge < -0.3 is 15.2 Å². The second-order valence-electron chi connectivity index (χ2n) is 6.33. The highest BCUT2D eigenvalue weighted by molar-refractivity contribution is 6.12. The quantitative estimate of drug-likeness (QED) is 0.717. The van der Waals surface area contributed by atoms with E-state index in [-0.39, 0.29) is 5.91 Å². The number of hydrogen-bond donors (Lipinski definition) is 2. The molecule has 0 atom stereocenters. The Bertz CT molecular complexity index is 1060. The number of pyridine rings is 1. The lowest BCUT2D eigenvalue weighted by Crippen LogP contribution is -2.14. The van der Waals surface area contributed by atoms with Crippen LogP contribution in [0, 0.1) is 20.8 Å². The minimum absolute atomic E-state index is 0.260. The van der Waals surface area contributed by atoms with Crippen LogP contribution in [0.3, 0.4) is 0 Å². The second kappa shape index (κ2) is 7.06. The lowest BCUT2D eigenvalue weighted by atomic mass is 10.1. The molecule has 2 heterocycles. The number of aryl methyl sites for hydroxylation is 4. The van der Waals surface area contributed by atoms with Crippen LogP contribution in [0.15, 0.2) is 24.3 Å². The van der Waals surface area contributed by atoms with E-state index >= 15 is 0 Å². The number of nitrogens with one attached hydrogen (secondary N) is 1. The summed E-state index contributed by atoms with van der Waals surface area (Å²) < 4.78 is 6.81. The number of carboxylic acid groups (broad SMARTS) is 1. The standard InChI is InChI=1S/C19H20N4O4/c1-10-7-13(27-9-16(24)25)5-6-15(10)21-19(26)14-8-11(2)20-18-17(14)12(3)22-23(18)4/h5-8H,9H2,1-4H3,(H,21,26)(H,24,25). The first-order chi connectivity index (χ1) is 12.8. The molecule has 27 heavy (non-hydrogen) atoms. The van der Waals surface area contributed by atoms with Crippen LogP contribution in [-0.2, 0) is 11.8 Å². The lowest BCUT2D eigenvalue weighted by molar-refractivity contribution is -0.139. The summed E-state index contributed by atoms with van der Waals surface area (Å²) in [6.45, 7) is 5.07. The fourth-order valence-corrected chi connectivity index (χ4v) is 2.95. The SMILES string of the molecule is Cc1cc(C(=O)Nc2ccc(OCC(=O)O)cc2C)c2c(C)nn(C)c2n1. The number of aromatic nitrogens is 3. The van der Waals surface area contributed by atoms with Gasteiger partial charge in [0.15, 0.2) is 12.3 Å². The van der Waals surface area contributed by atoms with Gasteiger partial charge in [-0.2, -0.15) is 5.10 Å². The van der Waals surface area contributed by atoms with Crippen molar-refractivity contribution in [2.45, 2.75) is 20.8 Å². The van der Waals surface area contributed by atoms with Crippen LogP contribution >= 0.6 is 0 Å². The normalized spacial score (nSPS) is 10.8. The van der Waals surface area contributed by atoms with E-state index in [1.54, 1.807) is 36.0 Å². The molecule has 0 unspecified atom stereocenters. The molecule has 2 aromatic heterocycles. The Balaban J connectivity index is 1.90. The van der Waals surface area contributed by atoms with E-state index in [9.17, 15) is 9.59 Å². The van der Waals surface area contributed by atoms with Crippen LogP contribution < -0.4 is 10.1 Å². The summed E-state index contributed by atoms with van der Waals surface area (Å²) in [5, 5.41) is 16.7. The molecule has 3 rings (SSSR count). The fourth-order valence-electron chi connectivity index (χ4n) is 2.95. The zero-order valence-corrected chi connectivity index (χ0v) is 15.5. The number of rotatable bonds is 5. The van der Waals surface area contributed by atoms with E-state index in [0.29, 0.717) is 22.6 Å². The zero-order valence-electron chi connectivity index (χ0n) is 15.5. The third-order valence-corrected chi connectivity index (χ3v) is 4.15. The molecule has 0 saturated carbocycles. The molecule has 8 nitrogen and oxygen atoms in total. The van der Waals surface area contributed by atoms with Gasteiger partial charge >= 0.3 is 5.97 Å². The number of benzene rings is 1. The van der Waals surface area contributed by atoms with Crippen molar-refractivity contribution in [2.24, 2.45) is 7.05 Å². The first-order valence-corrected chi connectivity index (χ1v) is 8.34. The first-order valence-electron chi connectivity index (χ1n) is 8.34. The van der Waals surface area contributed by atoms with Gasteiger partial charge in [0.1, 0.15) is 5.75 Å². The monoisotopic (exact) mass is 368 g/mol. The largest absolute Gasteiger partial charge is 0.482 e. The third-order valence-electron chi connectivity index (χ3n) is 4.15. The summed E-state index contributed by atoms with van der Waals surface area (Å²) in [5.74, 6) is -0.879. The number of carboxylic acids is 1. The van der Waals surface area contributed by atoms with Gasteiger partial charge in [-0.1, -0.05) is 0 Å². The second-order valence-corrected chi connectivity index (χ2v) is 6.33. The molecule has 0 aliphatic heterocycles.